The van der Waals surface area contributed by atoms with Crippen molar-refractivity contribution >= 4 is 17.7 Å². The van der Waals surface area contributed by atoms with Gasteiger partial charge in [0.1, 0.15) is 13.1 Å². The van der Waals surface area contributed by atoms with Gasteiger partial charge in [0.25, 0.3) is 5.91 Å². The Kier molecular flexibility index (Phi) is 3.91. The summed E-state index contributed by atoms with van der Waals surface area (Å²) in [4.78, 5) is 35.9. The zero-order valence-corrected chi connectivity index (χ0v) is 10.4. The van der Waals surface area contributed by atoms with Crippen LogP contribution in [0.3, 0.4) is 0 Å². The Bertz CT molecular complexity index is 512. The molecule has 0 radical (unpaired) electrons. The lowest BCUT2D eigenvalue weighted by molar-refractivity contribution is -0.135. The van der Waals surface area contributed by atoms with E-state index >= 15 is 0 Å². The third-order valence-electron chi connectivity index (χ3n) is 2.84. The summed E-state index contributed by atoms with van der Waals surface area (Å²) in [6.45, 7) is 0.319. The normalized spacial score (nSPS) is 15.3. The Balaban J connectivity index is 2.16. The minimum absolute atomic E-state index is 0.0916. The standard InChI is InChI=1S/C13H15N3O3/c14-5-4-9-2-1-3-10(6-9)13(19)16-7-11(17)15-12(18)8-16/h1-3,6H,4-5,7-8,14H2,(H,15,17,18). The molecule has 1 heterocycles. The van der Waals surface area contributed by atoms with Gasteiger partial charge in [-0.25, -0.2) is 0 Å². The van der Waals surface area contributed by atoms with Crippen LogP contribution in [0.5, 0.6) is 0 Å². The molecule has 1 aromatic rings. The van der Waals surface area contributed by atoms with Crippen molar-refractivity contribution in [3.05, 3.63) is 35.4 Å². The molecule has 3 N–H and O–H groups in total. The monoisotopic (exact) mass is 261 g/mol. The highest BCUT2D eigenvalue weighted by molar-refractivity contribution is 6.05. The molecule has 0 saturated carbocycles. The number of carbonyl (C=O) groups is 3. The minimum atomic E-state index is -0.456. The van der Waals surface area contributed by atoms with E-state index in [2.05, 4.69) is 5.32 Å². The highest BCUT2D eigenvalue weighted by atomic mass is 16.2. The first-order valence-electron chi connectivity index (χ1n) is 6.01. The first-order valence-corrected chi connectivity index (χ1v) is 6.01. The predicted octanol–water partition coefficient (Wildman–Crippen LogP) is -0.714. The zero-order valence-electron chi connectivity index (χ0n) is 10.4. The number of nitrogens with one attached hydrogen (secondary N) is 1. The van der Waals surface area contributed by atoms with Gasteiger partial charge in [0.2, 0.25) is 11.8 Å². The third-order valence-corrected chi connectivity index (χ3v) is 2.84. The molecule has 1 saturated heterocycles. The molecule has 0 aromatic heterocycles. The van der Waals surface area contributed by atoms with E-state index in [0.29, 0.717) is 18.5 Å². The minimum Gasteiger partial charge on any atom is -0.330 e. The molecule has 3 amide bonds. The van der Waals surface area contributed by atoms with E-state index in [9.17, 15) is 14.4 Å². The number of piperazine rings is 1. The summed E-state index contributed by atoms with van der Waals surface area (Å²) in [5, 5.41) is 2.16. The fourth-order valence-electron chi connectivity index (χ4n) is 1.99. The van der Waals surface area contributed by atoms with Crippen molar-refractivity contribution in [2.45, 2.75) is 6.42 Å². The summed E-state index contributed by atoms with van der Waals surface area (Å²) in [5.74, 6) is -1.23. The number of nitrogens with two attached hydrogens (primary N) is 1. The van der Waals surface area contributed by atoms with Crippen molar-refractivity contribution < 1.29 is 14.4 Å². The van der Waals surface area contributed by atoms with Gasteiger partial charge in [-0.2, -0.15) is 0 Å². The van der Waals surface area contributed by atoms with Crippen molar-refractivity contribution in [2.24, 2.45) is 5.73 Å². The molecule has 0 spiro atoms. The molecular formula is C13H15N3O3. The van der Waals surface area contributed by atoms with Crippen LogP contribution in [0, 0.1) is 0 Å². The smallest absolute Gasteiger partial charge is 0.254 e. The van der Waals surface area contributed by atoms with Gasteiger partial charge < -0.3 is 10.6 Å². The van der Waals surface area contributed by atoms with Crippen LogP contribution in [0.4, 0.5) is 0 Å². The van der Waals surface area contributed by atoms with Crippen LogP contribution in [-0.2, 0) is 16.0 Å². The van der Waals surface area contributed by atoms with Crippen molar-refractivity contribution in [2.75, 3.05) is 19.6 Å². The summed E-state index contributed by atoms with van der Waals surface area (Å²) in [5.41, 5.74) is 6.90. The van der Waals surface area contributed by atoms with Crippen molar-refractivity contribution in [3.8, 4) is 0 Å². The average molecular weight is 261 g/mol. The van der Waals surface area contributed by atoms with E-state index in [1.807, 2.05) is 6.07 Å². The number of benzene rings is 1. The summed E-state index contributed by atoms with van der Waals surface area (Å²) in [7, 11) is 0. The molecule has 0 bridgehead atoms. The summed E-state index contributed by atoms with van der Waals surface area (Å²) in [6, 6.07) is 7.06. The van der Waals surface area contributed by atoms with Crippen molar-refractivity contribution in [3.63, 3.8) is 0 Å². The second kappa shape index (κ2) is 5.62. The quantitative estimate of drug-likeness (QED) is 0.703. The molecule has 0 aliphatic carbocycles. The van der Waals surface area contributed by atoms with Gasteiger partial charge in [0.15, 0.2) is 0 Å². The van der Waals surface area contributed by atoms with Crippen LogP contribution in [0.2, 0.25) is 0 Å². The molecular weight excluding hydrogens is 246 g/mol. The van der Waals surface area contributed by atoms with Crippen LogP contribution in [0.1, 0.15) is 15.9 Å². The van der Waals surface area contributed by atoms with Crippen molar-refractivity contribution in [1.29, 1.82) is 0 Å². The Labute approximate surface area is 110 Å². The lowest BCUT2D eigenvalue weighted by Crippen LogP contribution is -2.53. The lowest BCUT2D eigenvalue weighted by Gasteiger charge is -2.25. The van der Waals surface area contributed by atoms with E-state index in [0.717, 1.165) is 5.56 Å². The number of rotatable bonds is 3. The molecule has 2 rings (SSSR count). The molecule has 0 unspecified atom stereocenters. The summed E-state index contributed by atoms with van der Waals surface area (Å²) >= 11 is 0. The Morgan fingerprint density at radius 1 is 1.26 bits per heavy atom. The molecule has 19 heavy (non-hydrogen) atoms. The number of nitrogens with zero attached hydrogens (tertiary/aromatic N) is 1. The second-order valence-corrected chi connectivity index (χ2v) is 4.37. The summed E-state index contributed by atoms with van der Waals surface area (Å²) < 4.78 is 0. The van der Waals surface area contributed by atoms with Crippen LogP contribution in [0.25, 0.3) is 0 Å². The molecule has 1 aromatic carbocycles. The molecule has 0 atom stereocenters. The van der Waals surface area contributed by atoms with Crippen molar-refractivity contribution in [1.82, 2.24) is 10.2 Å². The maximum absolute atomic E-state index is 12.2. The fraction of sp³-hybridized carbons (Fsp3) is 0.308. The number of hydrogen-bond acceptors (Lipinski definition) is 4. The van der Waals surface area contributed by atoms with Gasteiger partial charge in [0.05, 0.1) is 0 Å². The van der Waals surface area contributed by atoms with Crippen LogP contribution in [-0.4, -0.2) is 42.3 Å². The Hall–Kier alpha value is -2.21. The number of imide groups is 1. The second-order valence-electron chi connectivity index (χ2n) is 4.37. The SMILES string of the molecule is NCCc1cccc(C(=O)N2CC(=O)NC(=O)C2)c1. The Morgan fingerprint density at radius 2 is 1.95 bits per heavy atom. The molecule has 1 aliphatic heterocycles. The zero-order chi connectivity index (χ0) is 13.8. The highest BCUT2D eigenvalue weighted by Gasteiger charge is 2.26. The predicted molar refractivity (Wildman–Crippen MR) is 68.3 cm³/mol. The van der Waals surface area contributed by atoms with E-state index in [-0.39, 0.29) is 19.0 Å². The van der Waals surface area contributed by atoms with E-state index in [4.69, 9.17) is 5.73 Å². The highest BCUT2D eigenvalue weighted by Crippen LogP contribution is 2.10. The Morgan fingerprint density at radius 3 is 2.58 bits per heavy atom. The van der Waals surface area contributed by atoms with Gasteiger partial charge in [-0.3, -0.25) is 19.7 Å². The van der Waals surface area contributed by atoms with Gasteiger partial charge in [0, 0.05) is 5.56 Å². The van der Waals surface area contributed by atoms with Crippen LogP contribution >= 0.6 is 0 Å². The maximum Gasteiger partial charge on any atom is 0.254 e. The third kappa shape index (κ3) is 3.17. The first-order chi connectivity index (χ1) is 9.10. The molecule has 1 aliphatic rings. The van der Waals surface area contributed by atoms with Gasteiger partial charge in [-0.15, -0.1) is 0 Å². The number of amides is 3. The topological polar surface area (TPSA) is 92.5 Å². The number of carbonyl (C=O) groups excluding carboxylic acids is 3. The molecule has 6 nitrogen and oxygen atoms in total. The van der Waals surface area contributed by atoms with E-state index in [1.54, 1.807) is 18.2 Å². The molecule has 1 fully saturated rings. The van der Waals surface area contributed by atoms with E-state index in [1.165, 1.54) is 4.90 Å². The largest absolute Gasteiger partial charge is 0.330 e. The molecule has 100 valence electrons. The fourth-order valence-corrected chi connectivity index (χ4v) is 1.99. The number of hydrogen-bond donors (Lipinski definition) is 2. The van der Waals surface area contributed by atoms with Gasteiger partial charge in [-0.1, -0.05) is 12.1 Å². The summed E-state index contributed by atoms with van der Waals surface area (Å²) in [6.07, 6.45) is 0.681. The molecule has 6 heteroatoms. The lowest BCUT2D eigenvalue weighted by atomic mass is 10.1. The average Bonchev–Trinajstić information content (AvgIpc) is 2.37. The van der Waals surface area contributed by atoms with Crippen LogP contribution < -0.4 is 11.1 Å². The van der Waals surface area contributed by atoms with Crippen LogP contribution in [0.15, 0.2) is 24.3 Å². The van der Waals surface area contributed by atoms with Gasteiger partial charge >= 0.3 is 0 Å². The van der Waals surface area contributed by atoms with E-state index < -0.39 is 11.8 Å². The first kappa shape index (κ1) is 13.2. The van der Waals surface area contributed by atoms with Gasteiger partial charge in [-0.05, 0) is 30.7 Å². The maximum atomic E-state index is 12.2.